The van der Waals surface area contributed by atoms with E-state index in [1.807, 2.05) is 6.92 Å². The third-order valence-electron chi connectivity index (χ3n) is 2.71. The summed E-state index contributed by atoms with van der Waals surface area (Å²) in [7, 11) is -3.80. The molecule has 0 aliphatic carbocycles. The molecule has 0 bridgehead atoms. The van der Waals surface area contributed by atoms with Gasteiger partial charge in [-0.3, -0.25) is 4.79 Å². The highest BCUT2D eigenvalue weighted by Crippen LogP contribution is 2.24. The topological polar surface area (TPSA) is 83.5 Å². The third kappa shape index (κ3) is 4.63. The van der Waals surface area contributed by atoms with E-state index in [2.05, 4.69) is 4.72 Å². The van der Waals surface area contributed by atoms with Gasteiger partial charge in [0.15, 0.2) is 0 Å². The Balaban J connectivity index is 2.84. The number of sulfonamides is 1. The van der Waals surface area contributed by atoms with Crippen molar-refractivity contribution in [3.05, 3.63) is 28.2 Å². The molecule has 0 aliphatic rings. The van der Waals surface area contributed by atoms with Crippen molar-refractivity contribution in [3.63, 3.8) is 0 Å². The highest BCUT2D eigenvalue weighted by Gasteiger charge is 2.21. The smallest absolute Gasteiger partial charge is 0.307 e. The Bertz CT molecular complexity index is 589. The lowest BCUT2D eigenvalue weighted by molar-refractivity contribution is -0.141. The largest absolute Gasteiger partial charge is 0.481 e. The van der Waals surface area contributed by atoms with Crippen molar-refractivity contribution in [2.24, 2.45) is 5.92 Å². The summed E-state index contributed by atoms with van der Waals surface area (Å²) >= 11 is 11.5. The van der Waals surface area contributed by atoms with Gasteiger partial charge in [-0.15, -0.1) is 0 Å². The number of nitrogens with one attached hydrogen (secondary N) is 1. The predicted molar refractivity (Wildman–Crippen MR) is 77.7 cm³/mol. The van der Waals surface area contributed by atoms with Crippen molar-refractivity contribution in [2.75, 3.05) is 6.54 Å². The first-order chi connectivity index (χ1) is 9.27. The fourth-order valence-corrected chi connectivity index (χ4v) is 3.07. The summed E-state index contributed by atoms with van der Waals surface area (Å²) in [6, 6.07) is 3.91. The Kier molecular flexibility index (Phi) is 6.26. The summed E-state index contributed by atoms with van der Waals surface area (Å²) in [5, 5.41) is 9.35. The molecule has 5 nitrogen and oxygen atoms in total. The lowest BCUT2D eigenvalue weighted by atomic mass is 10.1. The first-order valence-corrected chi connectivity index (χ1v) is 8.19. The van der Waals surface area contributed by atoms with Crippen LogP contribution in [0.4, 0.5) is 0 Å². The van der Waals surface area contributed by atoms with Gasteiger partial charge < -0.3 is 5.11 Å². The number of benzene rings is 1. The van der Waals surface area contributed by atoms with Crippen molar-refractivity contribution in [3.8, 4) is 0 Å². The highest BCUT2D eigenvalue weighted by atomic mass is 35.5. The SMILES string of the molecule is CCCC(CNS(=O)(=O)c1ccc(Cl)c(Cl)c1)C(=O)O. The molecular weight excluding hydrogens is 325 g/mol. The second-order valence-electron chi connectivity index (χ2n) is 4.25. The lowest BCUT2D eigenvalue weighted by Crippen LogP contribution is -2.33. The zero-order chi connectivity index (χ0) is 15.3. The molecule has 1 aromatic carbocycles. The van der Waals surface area contributed by atoms with Crippen LogP contribution in [0.15, 0.2) is 23.1 Å². The molecule has 1 rings (SSSR count). The van der Waals surface area contributed by atoms with Gasteiger partial charge in [-0.25, -0.2) is 13.1 Å². The van der Waals surface area contributed by atoms with Gasteiger partial charge in [-0.2, -0.15) is 0 Å². The van der Waals surface area contributed by atoms with E-state index in [-0.39, 0.29) is 21.5 Å². The van der Waals surface area contributed by atoms with E-state index >= 15 is 0 Å². The number of hydrogen-bond donors (Lipinski definition) is 2. The van der Waals surface area contributed by atoms with E-state index in [4.69, 9.17) is 28.3 Å². The first-order valence-electron chi connectivity index (χ1n) is 5.95. The van der Waals surface area contributed by atoms with Crippen LogP contribution in [-0.4, -0.2) is 26.0 Å². The molecule has 1 atom stereocenters. The summed E-state index contributed by atoms with van der Waals surface area (Å²) in [6.45, 7) is 1.68. The maximum atomic E-state index is 12.0. The summed E-state index contributed by atoms with van der Waals surface area (Å²) in [4.78, 5) is 10.9. The van der Waals surface area contributed by atoms with Gasteiger partial charge in [0.25, 0.3) is 0 Å². The number of carboxylic acids is 1. The first kappa shape index (κ1) is 17.2. The van der Waals surface area contributed by atoms with Crippen LogP contribution < -0.4 is 4.72 Å². The molecule has 0 saturated heterocycles. The minimum atomic E-state index is -3.80. The van der Waals surface area contributed by atoms with Gasteiger partial charge in [0, 0.05) is 6.54 Å². The van der Waals surface area contributed by atoms with Crippen LogP contribution in [0, 0.1) is 5.92 Å². The molecule has 0 aromatic heterocycles. The maximum absolute atomic E-state index is 12.0. The molecule has 0 radical (unpaired) electrons. The number of hydrogen-bond acceptors (Lipinski definition) is 3. The zero-order valence-corrected chi connectivity index (χ0v) is 13.1. The van der Waals surface area contributed by atoms with Crippen molar-refractivity contribution >= 4 is 39.2 Å². The van der Waals surface area contributed by atoms with Crippen molar-refractivity contribution in [1.82, 2.24) is 4.72 Å². The molecule has 1 aromatic rings. The molecule has 0 amide bonds. The Morgan fingerprint density at radius 1 is 1.35 bits per heavy atom. The fourth-order valence-electron chi connectivity index (χ4n) is 1.60. The minimum Gasteiger partial charge on any atom is -0.481 e. The van der Waals surface area contributed by atoms with E-state index in [9.17, 15) is 13.2 Å². The quantitative estimate of drug-likeness (QED) is 0.799. The van der Waals surface area contributed by atoms with Gasteiger partial charge in [0.1, 0.15) is 0 Å². The molecule has 1 unspecified atom stereocenters. The predicted octanol–water partition coefficient (Wildman–Crippen LogP) is 2.77. The Hall–Kier alpha value is -0.820. The third-order valence-corrected chi connectivity index (χ3v) is 4.87. The number of rotatable bonds is 7. The van der Waals surface area contributed by atoms with Crippen LogP contribution >= 0.6 is 23.2 Å². The average molecular weight is 340 g/mol. The van der Waals surface area contributed by atoms with Crippen LogP contribution in [0.1, 0.15) is 19.8 Å². The average Bonchev–Trinajstić information content (AvgIpc) is 2.37. The monoisotopic (exact) mass is 339 g/mol. The second-order valence-corrected chi connectivity index (χ2v) is 6.83. The van der Waals surface area contributed by atoms with Crippen LogP contribution in [0.25, 0.3) is 0 Å². The Morgan fingerprint density at radius 3 is 2.50 bits per heavy atom. The van der Waals surface area contributed by atoms with Crippen molar-refractivity contribution in [1.29, 1.82) is 0 Å². The van der Waals surface area contributed by atoms with Gasteiger partial charge in [0.05, 0.1) is 20.9 Å². The Labute approximate surface area is 127 Å². The van der Waals surface area contributed by atoms with Gasteiger partial charge in [-0.05, 0) is 24.6 Å². The summed E-state index contributed by atoms with van der Waals surface area (Å²) in [6.07, 6.45) is 1.06. The van der Waals surface area contributed by atoms with E-state index < -0.39 is 21.9 Å². The van der Waals surface area contributed by atoms with Crippen LogP contribution in [0.2, 0.25) is 10.0 Å². The fraction of sp³-hybridized carbons (Fsp3) is 0.417. The highest BCUT2D eigenvalue weighted by molar-refractivity contribution is 7.89. The zero-order valence-electron chi connectivity index (χ0n) is 10.8. The molecular formula is C12H15Cl2NO4S. The van der Waals surface area contributed by atoms with Gasteiger partial charge in [-0.1, -0.05) is 36.5 Å². The minimum absolute atomic E-state index is 0.0486. The Morgan fingerprint density at radius 2 is 2.00 bits per heavy atom. The van der Waals surface area contributed by atoms with Crippen LogP contribution in [0.3, 0.4) is 0 Å². The molecule has 112 valence electrons. The molecule has 0 heterocycles. The van der Waals surface area contributed by atoms with Crippen LogP contribution in [0.5, 0.6) is 0 Å². The van der Waals surface area contributed by atoms with Crippen molar-refractivity contribution in [2.45, 2.75) is 24.7 Å². The summed E-state index contributed by atoms with van der Waals surface area (Å²) < 4.78 is 26.3. The number of carbonyl (C=O) groups is 1. The van der Waals surface area contributed by atoms with Crippen molar-refractivity contribution < 1.29 is 18.3 Å². The molecule has 0 fully saturated rings. The molecule has 2 N–H and O–H groups in total. The van der Waals surface area contributed by atoms with E-state index in [0.717, 1.165) is 0 Å². The molecule has 8 heteroatoms. The normalized spacial score (nSPS) is 13.2. The second kappa shape index (κ2) is 7.26. The molecule has 0 aliphatic heterocycles. The summed E-state index contributed by atoms with van der Waals surface area (Å²) in [5.41, 5.74) is 0. The van der Waals surface area contributed by atoms with E-state index in [0.29, 0.717) is 12.8 Å². The lowest BCUT2D eigenvalue weighted by Gasteiger charge is -2.13. The molecule has 0 saturated carbocycles. The van der Waals surface area contributed by atoms with Gasteiger partial charge in [0.2, 0.25) is 10.0 Å². The number of aliphatic carboxylic acids is 1. The summed E-state index contributed by atoms with van der Waals surface area (Å²) in [5.74, 6) is -1.78. The standard InChI is InChI=1S/C12H15Cl2NO4S/c1-2-3-8(12(16)17)7-15-20(18,19)9-4-5-10(13)11(14)6-9/h4-6,8,15H,2-3,7H2,1H3,(H,16,17). The van der Waals surface area contributed by atoms with Gasteiger partial charge >= 0.3 is 5.97 Å². The van der Waals surface area contributed by atoms with E-state index in [1.165, 1.54) is 18.2 Å². The van der Waals surface area contributed by atoms with E-state index in [1.54, 1.807) is 0 Å². The van der Waals surface area contributed by atoms with Crippen LogP contribution in [-0.2, 0) is 14.8 Å². The molecule has 20 heavy (non-hydrogen) atoms. The molecule has 0 spiro atoms. The number of halogens is 2. The maximum Gasteiger partial charge on any atom is 0.307 e. The number of carboxylic acid groups (broad SMARTS) is 1.